The Kier molecular flexibility index (Phi) is 7.73. The molecule has 1 aromatic heterocycles. The number of aryl methyl sites for hydroxylation is 1. The fraction of sp³-hybridized carbons (Fsp3) is 0.364. The molecule has 0 spiro atoms. The lowest BCUT2D eigenvalue weighted by Crippen LogP contribution is -2.44. The van der Waals surface area contributed by atoms with Crippen LogP contribution in [-0.4, -0.2) is 49.1 Å². The van der Waals surface area contributed by atoms with E-state index in [2.05, 4.69) is 46.3 Å². The number of fused-ring (bicyclic) bond motifs is 1. The second-order valence-electron chi connectivity index (χ2n) is 11.1. The van der Waals surface area contributed by atoms with E-state index >= 15 is 0 Å². The van der Waals surface area contributed by atoms with Crippen LogP contribution in [0.2, 0.25) is 0 Å². The monoisotopic (exact) mass is 541 g/mol. The normalized spacial score (nSPS) is 17.3. The molecule has 3 aromatic carbocycles. The molecule has 1 amide bonds. The zero-order valence-electron chi connectivity index (χ0n) is 22.9. The number of hydrogen-bond donors (Lipinski definition) is 1. The van der Waals surface area contributed by atoms with Gasteiger partial charge in [-0.05, 0) is 67.8 Å². The van der Waals surface area contributed by atoms with Crippen molar-refractivity contribution in [1.82, 2.24) is 10.2 Å². The molecule has 208 valence electrons. The molecule has 40 heavy (non-hydrogen) atoms. The predicted molar refractivity (Wildman–Crippen MR) is 155 cm³/mol. The predicted octanol–water partition coefficient (Wildman–Crippen LogP) is 6.32. The van der Waals surface area contributed by atoms with Crippen molar-refractivity contribution in [3.8, 4) is 5.75 Å². The summed E-state index contributed by atoms with van der Waals surface area (Å²) in [7, 11) is 0. The SMILES string of the molecule is Cc1ccc(N2CCC(Oc3ccc4cc(C(=O)NC5CCN(Cc6ccc(F)cc6)CC5)oc4c3)CC2)cc1. The zero-order valence-corrected chi connectivity index (χ0v) is 22.9. The van der Waals surface area contributed by atoms with Crippen LogP contribution in [0.4, 0.5) is 10.1 Å². The molecule has 0 radical (unpaired) electrons. The molecule has 6 rings (SSSR count). The molecule has 6 nitrogen and oxygen atoms in total. The molecule has 0 atom stereocenters. The standard InChI is InChI=1S/C33H36FN3O3/c1-23-2-9-28(10-3-23)37-18-14-29(15-19-37)39-30-11-6-25-20-32(40-31(25)21-30)33(38)35-27-12-16-36(17-13-27)22-24-4-7-26(34)8-5-24/h2-11,20-21,27,29H,12-19,22H2,1H3,(H,35,38). The van der Waals surface area contributed by atoms with Crippen LogP contribution in [0.15, 0.2) is 77.2 Å². The summed E-state index contributed by atoms with van der Waals surface area (Å²) >= 11 is 0. The van der Waals surface area contributed by atoms with E-state index in [9.17, 15) is 9.18 Å². The van der Waals surface area contributed by atoms with E-state index in [0.717, 1.165) is 75.1 Å². The second-order valence-corrected chi connectivity index (χ2v) is 11.1. The molecule has 3 heterocycles. The first kappa shape index (κ1) is 26.4. The zero-order chi connectivity index (χ0) is 27.5. The highest BCUT2D eigenvalue weighted by Gasteiger charge is 2.24. The number of furan rings is 1. The number of nitrogens with one attached hydrogen (secondary N) is 1. The summed E-state index contributed by atoms with van der Waals surface area (Å²) in [6.07, 6.45) is 3.81. The number of ether oxygens (including phenoxy) is 1. The molecule has 2 fully saturated rings. The van der Waals surface area contributed by atoms with Crippen molar-refractivity contribution in [2.45, 2.75) is 51.3 Å². The van der Waals surface area contributed by atoms with Gasteiger partial charge in [-0.15, -0.1) is 0 Å². The van der Waals surface area contributed by atoms with Crippen LogP contribution < -0.4 is 15.0 Å². The van der Waals surface area contributed by atoms with Gasteiger partial charge in [-0.1, -0.05) is 29.8 Å². The summed E-state index contributed by atoms with van der Waals surface area (Å²) in [6, 6.07) is 23.1. The molecule has 1 N–H and O–H groups in total. The summed E-state index contributed by atoms with van der Waals surface area (Å²) in [5.74, 6) is 0.705. The Morgan fingerprint density at radius 3 is 2.38 bits per heavy atom. The molecule has 0 bridgehead atoms. The highest BCUT2D eigenvalue weighted by atomic mass is 19.1. The Hall–Kier alpha value is -3.84. The third-order valence-corrected chi connectivity index (χ3v) is 8.10. The van der Waals surface area contributed by atoms with Gasteiger partial charge in [-0.2, -0.15) is 0 Å². The molecule has 4 aromatic rings. The number of piperidine rings is 2. The maximum atomic E-state index is 13.2. The molecule has 2 aliphatic rings. The van der Waals surface area contributed by atoms with Crippen LogP contribution in [0.5, 0.6) is 5.75 Å². The van der Waals surface area contributed by atoms with E-state index < -0.39 is 0 Å². The summed E-state index contributed by atoms with van der Waals surface area (Å²) in [6.45, 7) is 6.60. The number of halogens is 1. The maximum absolute atomic E-state index is 13.2. The molecule has 0 aliphatic carbocycles. The van der Waals surface area contributed by atoms with Crippen molar-refractivity contribution in [2.24, 2.45) is 0 Å². The van der Waals surface area contributed by atoms with Gasteiger partial charge in [0.05, 0.1) is 0 Å². The first-order chi connectivity index (χ1) is 19.5. The van der Waals surface area contributed by atoms with Gasteiger partial charge in [0.15, 0.2) is 5.76 Å². The van der Waals surface area contributed by atoms with Gasteiger partial charge in [0, 0.05) is 68.7 Å². The molecule has 0 saturated carbocycles. The van der Waals surface area contributed by atoms with Gasteiger partial charge in [0.25, 0.3) is 5.91 Å². The van der Waals surface area contributed by atoms with Crippen molar-refractivity contribution >= 4 is 22.6 Å². The quantitative estimate of drug-likeness (QED) is 0.297. The first-order valence-corrected chi connectivity index (χ1v) is 14.3. The number of benzene rings is 3. The Morgan fingerprint density at radius 1 is 0.925 bits per heavy atom. The third kappa shape index (κ3) is 6.31. The van der Waals surface area contributed by atoms with Gasteiger partial charge >= 0.3 is 0 Å². The maximum Gasteiger partial charge on any atom is 0.287 e. The minimum absolute atomic E-state index is 0.106. The Bertz CT molecular complexity index is 1430. The van der Waals surface area contributed by atoms with Gasteiger partial charge in [0.1, 0.15) is 23.3 Å². The number of likely N-dealkylation sites (tertiary alicyclic amines) is 1. The lowest BCUT2D eigenvalue weighted by atomic mass is 10.0. The number of anilines is 1. The molecular weight excluding hydrogens is 505 g/mol. The molecule has 7 heteroatoms. The van der Waals surface area contributed by atoms with Crippen LogP contribution in [0.25, 0.3) is 11.0 Å². The minimum atomic E-state index is -0.214. The van der Waals surface area contributed by atoms with Gasteiger partial charge in [-0.25, -0.2) is 4.39 Å². The Morgan fingerprint density at radius 2 is 1.65 bits per heavy atom. The highest BCUT2D eigenvalue weighted by molar-refractivity contribution is 5.96. The topological polar surface area (TPSA) is 58.0 Å². The van der Waals surface area contributed by atoms with E-state index in [1.54, 1.807) is 6.07 Å². The Labute approximate surface area is 234 Å². The fourth-order valence-electron chi connectivity index (χ4n) is 5.72. The Balaban J connectivity index is 0.993. The van der Waals surface area contributed by atoms with Crippen LogP contribution >= 0.6 is 0 Å². The molecule has 2 aliphatic heterocycles. The van der Waals surface area contributed by atoms with Gasteiger partial charge < -0.3 is 19.4 Å². The number of carbonyl (C=O) groups is 1. The second kappa shape index (κ2) is 11.7. The van der Waals surface area contributed by atoms with E-state index in [0.29, 0.717) is 11.3 Å². The lowest BCUT2D eigenvalue weighted by molar-refractivity contribution is 0.0883. The van der Waals surface area contributed by atoms with Crippen molar-refractivity contribution in [2.75, 3.05) is 31.1 Å². The largest absolute Gasteiger partial charge is 0.490 e. The van der Waals surface area contributed by atoms with Crippen molar-refractivity contribution in [1.29, 1.82) is 0 Å². The number of rotatable bonds is 7. The van der Waals surface area contributed by atoms with Crippen LogP contribution in [0.3, 0.4) is 0 Å². The van der Waals surface area contributed by atoms with Crippen molar-refractivity contribution in [3.05, 3.63) is 95.5 Å². The van der Waals surface area contributed by atoms with Crippen molar-refractivity contribution in [3.63, 3.8) is 0 Å². The summed E-state index contributed by atoms with van der Waals surface area (Å²) in [5.41, 5.74) is 4.30. The van der Waals surface area contributed by atoms with E-state index in [-0.39, 0.29) is 23.9 Å². The van der Waals surface area contributed by atoms with E-state index in [4.69, 9.17) is 9.15 Å². The van der Waals surface area contributed by atoms with Gasteiger partial charge in [0.2, 0.25) is 0 Å². The summed E-state index contributed by atoms with van der Waals surface area (Å²) in [4.78, 5) is 17.7. The number of nitrogens with zero attached hydrogens (tertiary/aromatic N) is 2. The minimum Gasteiger partial charge on any atom is -0.490 e. The summed E-state index contributed by atoms with van der Waals surface area (Å²) < 4.78 is 25.4. The van der Waals surface area contributed by atoms with Crippen LogP contribution in [0.1, 0.15) is 47.4 Å². The fourth-order valence-corrected chi connectivity index (χ4v) is 5.72. The van der Waals surface area contributed by atoms with Crippen LogP contribution in [0, 0.1) is 12.7 Å². The third-order valence-electron chi connectivity index (χ3n) is 8.10. The molecule has 0 unspecified atom stereocenters. The average Bonchev–Trinajstić information content (AvgIpc) is 3.40. The molecule has 2 saturated heterocycles. The first-order valence-electron chi connectivity index (χ1n) is 14.3. The smallest absolute Gasteiger partial charge is 0.287 e. The van der Waals surface area contributed by atoms with E-state index in [1.807, 2.05) is 30.3 Å². The van der Waals surface area contributed by atoms with Crippen LogP contribution in [-0.2, 0) is 6.54 Å². The molecular formula is C33H36FN3O3. The van der Waals surface area contributed by atoms with Crippen molar-refractivity contribution < 1.29 is 18.3 Å². The lowest BCUT2D eigenvalue weighted by Gasteiger charge is -2.33. The number of hydrogen-bond acceptors (Lipinski definition) is 5. The summed E-state index contributed by atoms with van der Waals surface area (Å²) in [5, 5.41) is 4.03. The number of carbonyl (C=O) groups excluding carboxylic acids is 1. The average molecular weight is 542 g/mol. The highest BCUT2D eigenvalue weighted by Crippen LogP contribution is 2.28. The number of amides is 1. The van der Waals surface area contributed by atoms with Gasteiger partial charge in [-0.3, -0.25) is 9.69 Å². The van der Waals surface area contributed by atoms with E-state index in [1.165, 1.54) is 23.4 Å².